The SMILES string of the molecule is CC(c1ccc(F)cc1)C1CC1N. The smallest absolute Gasteiger partial charge is 0.123 e. The number of nitrogens with two attached hydrogens (primary N) is 1. The van der Waals surface area contributed by atoms with Crippen LogP contribution in [0.15, 0.2) is 24.3 Å². The van der Waals surface area contributed by atoms with Gasteiger partial charge in [-0.3, -0.25) is 0 Å². The fraction of sp³-hybridized carbons (Fsp3) is 0.455. The molecule has 0 bridgehead atoms. The predicted molar refractivity (Wildman–Crippen MR) is 50.9 cm³/mol. The van der Waals surface area contributed by atoms with E-state index in [1.54, 1.807) is 0 Å². The molecule has 0 amide bonds. The van der Waals surface area contributed by atoms with Crippen LogP contribution in [0.25, 0.3) is 0 Å². The first-order chi connectivity index (χ1) is 6.18. The van der Waals surface area contributed by atoms with Crippen molar-refractivity contribution < 1.29 is 4.39 Å². The van der Waals surface area contributed by atoms with Gasteiger partial charge in [-0.2, -0.15) is 0 Å². The third-order valence-corrected chi connectivity index (χ3v) is 2.93. The van der Waals surface area contributed by atoms with Crippen LogP contribution in [0.3, 0.4) is 0 Å². The molecule has 3 unspecified atom stereocenters. The molecule has 1 aliphatic rings. The Kier molecular flexibility index (Phi) is 2.08. The molecule has 1 fully saturated rings. The van der Waals surface area contributed by atoms with E-state index in [9.17, 15) is 4.39 Å². The van der Waals surface area contributed by atoms with E-state index in [4.69, 9.17) is 5.73 Å². The van der Waals surface area contributed by atoms with Crippen LogP contribution < -0.4 is 5.73 Å². The maximum Gasteiger partial charge on any atom is 0.123 e. The highest BCUT2D eigenvalue weighted by Gasteiger charge is 2.38. The van der Waals surface area contributed by atoms with Crippen molar-refractivity contribution in [2.75, 3.05) is 0 Å². The monoisotopic (exact) mass is 179 g/mol. The minimum Gasteiger partial charge on any atom is -0.327 e. The van der Waals surface area contributed by atoms with Crippen LogP contribution >= 0.6 is 0 Å². The summed E-state index contributed by atoms with van der Waals surface area (Å²) in [6, 6.07) is 7.09. The zero-order chi connectivity index (χ0) is 9.42. The average Bonchev–Trinajstić information content (AvgIpc) is 2.83. The van der Waals surface area contributed by atoms with Crippen molar-refractivity contribution >= 4 is 0 Å². The highest BCUT2D eigenvalue weighted by Crippen LogP contribution is 2.41. The van der Waals surface area contributed by atoms with E-state index in [0.29, 0.717) is 17.9 Å². The van der Waals surface area contributed by atoms with E-state index in [1.807, 2.05) is 12.1 Å². The molecule has 0 saturated heterocycles. The molecule has 1 aromatic rings. The van der Waals surface area contributed by atoms with Crippen LogP contribution in [-0.2, 0) is 0 Å². The number of rotatable bonds is 2. The van der Waals surface area contributed by atoms with Crippen molar-refractivity contribution in [3.63, 3.8) is 0 Å². The predicted octanol–water partition coefficient (Wildman–Crippen LogP) is 2.28. The summed E-state index contributed by atoms with van der Waals surface area (Å²) < 4.78 is 12.6. The zero-order valence-corrected chi connectivity index (χ0v) is 7.70. The van der Waals surface area contributed by atoms with Crippen LogP contribution in [-0.4, -0.2) is 6.04 Å². The van der Waals surface area contributed by atoms with Gasteiger partial charge >= 0.3 is 0 Å². The maximum absolute atomic E-state index is 12.6. The Labute approximate surface area is 77.8 Å². The van der Waals surface area contributed by atoms with Crippen molar-refractivity contribution in [2.24, 2.45) is 11.7 Å². The van der Waals surface area contributed by atoms with Crippen LogP contribution in [0.4, 0.5) is 4.39 Å². The van der Waals surface area contributed by atoms with Gasteiger partial charge in [0.1, 0.15) is 5.82 Å². The first kappa shape index (κ1) is 8.70. The molecule has 0 aromatic heterocycles. The van der Waals surface area contributed by atoms with Gasteiger partial charge in [-0.15, -0.1) is 0 Å². The summed E-state index contributed by atoms with van der Waals surface area (Å²) in [5.74, 6) is 0.900. The molecule has 2 rings (SSSR count). The van der Waals surface area contributed by atoms with E-state index < -0.39 is 0 Å². The Hall–Kier alpha value is -0.890. The first-order valence-corrected chi connectivity index (χ1v) is 4.69. The minimum atomic E-state index is -0.170. The average molecular weight is 179 g/mol. The van der Waals surface area contributed by atoms with Crippen LogP contribution in [0.2, 0.25) is 0 Å². The summed E-state index contributed by atoms with van der Waals surface area (Å²) in [4.78, 5) is 0. The molecule has 2 N–H and O–H groups in total. The lowest BCUT2D eigenvalue weighted by Gasteiger charge is -2.10. The Morgan fingerprint density at radius 2 is 1.92 bits per heavy atom. The Morgan fingerprint density at radius 1 is 1.38 bits per heavy atom. The van der Waals surface area contributed by atoms with Crippen LogP contribution in [0, 0.1) is 11.7 Å². The topological polar surface area (TPSA) is 26.0 Å². The molecule has 0 aliphatic heterocycles. The Bertz CT molecular complexity index is 293. The quantitative estimate of drug-likeness (QED) is 0.740. The molecule has 0 heterocycles. The number of hydrogen-bond acceptors (Lipinski definition) is 1. The summed E-state index contributed by atoms with van der Waals surface area (Å²) in [6.45, 7) is 2.16. The highest BCUT2D eigenvalue weighted by molar-refractivity contribution is 5.23. The number of hydrogen-bond donors (Lipinski definition) is 1. The molecular weight excluding hydrogens is 165 g/mol. The summed E-state index contributed by atoms with van der Waals surface area (Å²) in [7, 11) is 0. The molecule has 1 saturated carbocycles. The van der Waals surface area contributed by atoms with Gasteiger partial charge in [0.05, 0.1) is 0 Å². The van der Waals surface area contributed by atoms with Gasteiger partial charge < -0.3 is 5.73 Å². The van der Waals surface area contributed by atoms with Gasteiger partial charge in [0.2, 0.25) is 0 Å². The third-order valence-electron chi connectivity index (χ3n) is 2.93. The van der Waals surface area contributed by atoms with E-state index in [2.05, 4.69) is 6.92 Å². The molecule has 2 heteroatoms. The third kappa shape index (κ3) is 1.73. The van der Waals surface area contributed by atoms with Gasteiger partial charge in [0.15, 0.2) is 0 Å². The van der Waals surface area contributed by atoms with E-state index in [-0.39, 0.29) is 5.82 Å². The summed E-state index contributed by atoms with van der Waals surface area (Å²) >= 11 is 0. The largest absolute Gasteiger partial charge is 0.327 e. The van der Waals surface area contributed by atoms with Gasteiger partial charge in [-0.05, 0) is 36.0 Å². The number of halogens is 1. The number of benzene rings is 1. The fourth-order valence-corrected chi connectivity index (χ4v) is 1.82. The van der Waals surface area contributed by atoms with Crippen molar-refractivity contribution in [1.82, 2.24) is 0 Å². The molecule has 0 radical (unpaired) electrons. The molecule has 1 aliphatic carbocycles. The van der Waals surface area contributed by atoms with E-state index in [0.717, 1.165) is 6.42 Å². The second-order valence-electron chi connectivity index (χ2n) is 3.90. The Morgan fingerprint density at radius 3 is 2.38 bits per heavy atom. The van der Waals surface area contributed by atoms with Gasteiger partial charge in [-0.1, -0.05) is 19.1 Å². The maximum atomic E-state index is 12.6. The van der Waals surface area contributed by atoms with Gasteiger partial charge in [-0.25, -0.2) is 4.39 Å². The second kappa shape index (κ2) is 3.11. The van der Waals surface area contributed by atoms with Crippen molar-refractivity contribution in [2.45, 2.75) is 25.3 Å². The van der Waals surface area contributed by atoms with Crippen LogP contribution in [0.1, 0.15) is 24.8 Å². The minimum absolute atomic E-state index is 0.170. The van der Waals surface area contributed by atoms with Crippen LogP contribution in [0.5, 0.6) is 0 Å². The second-order valence-corrected chi connectivity index (χ2v) is 3.90. The molecule has 0 spiro atoms. The molecule has 13 heavy (non-hydrogen) atoms. The highest BCUT2D eigenvalue weighted by atomic mass is 19.1. The van der Waals surface area contributed by atoms with Crippen molar-refractivity contribution in [3.8, 4) is 0 Å². The summed E-state index contributed by atoms with van der Waals surface area (Å²) in [5.41, 5.74) is 6.95. The van der Waals surface area contributed by atoms with Gasteiger partial charge in [0, 0.05) is 6.04 Å². The molecule has 1 aromatic carbocycles. The zero-order valence-electron chi connectivity index (χ0n) is 7.70. The van der Waals surface area contributed by atoms with E-state index in [1.165, 1.54) is 17.7 Å². The summed E-state index contributed by atoms with van der Waals surface area (Å²) in [5, 5.41) is 0. The molecule has 1 nitrogen and oxygen atoms in total. The lowest BCUT2D eigenvalue weighted by molar-refractivity contribution is 0.616. The van der Waals surface area contributed by atoms with Crippen molar-refractivity contribution in [1.29, 1.82) is 0 Å². The molecule has 3 atom stereocenters. The van der Waals surface area contributed by atoms with Crippen molar-refractivity contribution in [3.05, 3.63) is 35.6 Å². The first-order valence-electron chi connectivity index (χ1n) is 4.69. The molecule has 70 valence electrons. The standard InChI is InChI=1S/C11H14FN/c1-7(10-6-11(10)13)8-2-4-9(12)5-3-8/h2-5,7,10-11H,6,13H2,1H3. The lowest BCUT2D eigenvalue weighted by Crippen LogP contribution is -2.07. The lowest BCUT2D eigenvalue weighted by atomic mass is 9.96. The normalized spacial score (nSPS) is 28.5. The Balaban J connectivity index is 2.12. The van der Waals surface area contributed by atoms with E-state index >= 15 is 0 Å². The van der Waals surface area contributed by atoms with Gasteiger partial charge in [0.25, 0.3) is 0 Å². The molecular formula is C11H14FN. The summed E-state index contributed by atoms with van der Waals surface area (Å²) in [6.07, 6.45) is 1.11. The fourth-order valence-electron chi connectivity index (χ4n) is 1.82.